The van der Waals surface area contributed by atoms with Crippen LogP contribution in [0.15, 0.2) is 77.9 Å². The number of halogens is 1. The molecule has 0 fully saturated rings. The lowest BCUT2D eigenvalue weighted by Gasteiger charge is -2.11. The minimum Gasteiger partial charge on any atom is -0.493 e. The van der Waals surface area contributed by atoms with Crippen molar-refractivity contribution in [3.05, 3.63) is 88.9 Å². The molecule has 0 radical (unpaired) electrons. The van der Waals surface area contributed by atoms with E-state index < -0.39 is 11.8 Å². The average Bonchev–Trinajstić information content (AvgIpc) is 2.79. The number of nitrogens with one attached hydrogen (secondary N) is 2. The highest BCUT2D eigenvalue weighted by Gasteiger charge is 2.12. The third-order valence-corrected chi connectivity index (χ3v) is 4.36. The molecule has 2 amide bonds. The monoisotopic (exact) mass is 437 g/mol. The number of ether oxygens (including phenoxy) is 2. The van der Waals surface area contributed by atoms with Gasteiger partial charge in [-0.2, -0.15) is 5.10 Å². The minimum atomic E-state index is -0.880. The molecule has 2 N–H and O–H groups in total. The Morgan fingerprint density at radius 3 is 2.42 bits per heavy atom. The van der Waals surface area contributed by atoms with Crippen molar-refractivity contribution in [2.75, 3.05) is 12.4 Å². The molecular formula is C23H20ClN3O4. The smallest absolute Gasteiger partial charge is 0.329 e. The van der Waals surface area contributed by atoms with Crippen molar-refractivity contribution in [2.24, 2.45) is 5.10 Å². The van der Waals surface area contributed by atoms with Crippen LogP contribution >= 0.6 is 11.6 Å². The quantitative estimate of drug-likeness (QED) is 0.332. The van der Waals surface area contributed by atoms with Gasteiger partial charge in [0.05, 0.1) is 13.3 Å². The van der Waals surface area contributed by atoms with Crippen molar-refractivity contribution in [1.29, 1.82) is 0 Å². The first-order chi connectivity index (χ1) is 15.0. The molecule has 3 rings (SSSR count). The van der Waals surface area contributed by atoms with E-state index in [0.717, 1.165) is 5.56 Å². The van der Waals surface area contributed by atoms with E-state index in [1.807, 2.05) is 18.2 Å². The summed E-state index contributed by atoms with van der Waals surface area (Å²) < 4.78 is 11.2. The Balaban J connectivity index is 1.56. The molecule has 0 bridgehead atoms. The normalized spacial score (nSPS) is 10.5. The van der Waals surface area contributed by atoms with Crippen LogP contribution in [0.3, 0.4) is 0 Å². The van der Waals surface area contributed by atoms with E-state index in [-0.39, 0.29) is 0 Å². The number of carbonyl (C=O) groups is 2. The number of hydrogen-bond donors (Lipinski definition) is 2. The van der Waals surface area contributed by atoms with Gasteiger partial charge in [0.15, 0.2) is 11.5 Å². The number of hydrazone groups is 1. The maximum atomic E-state index is 11.9. The summed E-state index contributed by atoms with van der Waals surface area (Å²) in [4.78, 5) is 23.7. The van der Waals surface area contributed by atoms with Gasteiger partial charge in [0.2, 0.25) is 0 Å². The van der Waals surface area contributed by atoms with E-state index in [4.69, 9.17) is 21.1 Å². The maximum absolute atomic E-state index is 11.9. The first kappa shape index (κ1) is 21.9. The number of carbonyl (C=O) groups excluding carboxylic acids is 2. The van der Waals surface area contributed by atoms with Crippen molar-refractivity contribution < 1.29 is 19.1 Å². The van der Waals surface area contributed by atoms with E-state index in [0.29, 0.717) is 34.4 Å². The lowest BCUT2D eigenvalue weighted by atomic mass is 10.2. The number of rotatable bonds is 7. The second-order valence-corrected chi connectivity index (χ2v) is 6.78. The van der Waals surface area contributed by atoms with E-state index >= 15 is 0 Å². The molecule has 0 atom stereocenters. The number of nitrogens with zero attached hydrogens (tertiary/aromatic N) is 1. The molecule has 0 saturated carbocycles. The number of para-hydroxylation sites is 1. The number of hydrogen-bond acceptors (Lipinski definition) is 5. The van der Waals surface area contributed by atoms with Crippen molar-refractivity contribution in [3.8, 4) is 11.5 Å². The molecule has 0 aliphatic carbocycles. The van der Waals surface area contributed by atoms with Gasteiger partial charge in [0, 0.05) is 10.7 Å². The van der Waals surface area contributed by atoms with Crippen LogP contribution in [0.4, 0.5) is 5.69 Å². The van der Waals surface area contributed by atoms with Crippen LogP contribution in [0.1, 0.15) is 11.1 Å². The first-order valence-corrected chi connectivity index (χ1v) is 9.67. The highest BCUT2D eigenvalue weighted by atomic mass is 35.5. The Kier molecular flexibility index (Phi) is 7.61. The SMILES string of the molecule is COc1cc(/C=N/NC(=O)C(=O)Nc2ccccc2)ccc1OCc1ccc(Cl)cc1. The molecule has 7 nitrogen and oxygen atoms in total. The summed E-state index contributed by atoms with van der Waals surface area (Å²) >= 11 is 5.89. The largest absolute Gasteiger partial charge is 0.493 e. The fraction of sp³-hybridized carbons (Fsp3) is 0.0870. The molecule has 158 valence electrons. The van der Waals surface area contributed by atoms with Crippen molar-refractivity contribution in [2.45, 2.75) is 6.61 Å². The van der Waals surface area contributed by atoms with Gasteiger partial charge in [-0.25, -0.2) is 5.43 Å². The summed E-state index contributed by atoms with van der Waals surface area (Å²) in [5.41, 5.74) is 4.33. The lowest BCUT2D eigenvalue weighted by Crippen LogP contribution is -2.32. The Morgan fingerprint density at radius 2 is 1.71 bits per heavy atom. The first-order valence-electron chi connectivity index (χ1n) is 9.30. The summed E-state index contributed by atoms with van der Waals surface area (Å²) in [5.74, 6) is -0.631. The zero-order chi connectivity index (χ0) is 22.1. The fourth-order valence-corrected chi connectivity index (χ4v) is 2.68. The highest BCUT2D eigenvalue weighted by molar-refractivity contribution is 6.39. The molecule has 0 unspecified atom stereocenters. The number of benzene rings is 3. The highest BCUT2D eigenvalue weighted by Crippen LogP contribution is 2.28. The average molecular weight is 438 g/mol. The van der Waals surface area contributed by atoms with Gasteiger partial charge in [-0.05, 0) is 53.6 Å². The van der Waals surface area contributed by atoms with Crippen LogP contribution in [0.25, 0.3) is 0 Å². The summed E-state index contributed by atoms with van der Waals surface area (Å²) in [6.07, 6.45) is 1.40. The molecule has 0 spiro atoms. The molecular weight excluding hydrogens is 418 g/mol. The number of methoxy groups -OCH3 is 1. The van der Waals surface area contributed by atoms with E-state index in [1.165, 1.54) is 13.3 Å². The predicted molar refractivity (Wildman–Crippen MR) is 120 cm³/mol. The van der Waals surface area contributed by atoms with Crippen LogP contribution in [0.2, 0.25) is 5.02 Å². The summed E-state index contributed by atoms with van der Waals surface area (Å²) in [6.45, 7) is 0.355. The molecule has 0 saturated heterocycles. The van der Waals surface area contributed by atoms with Gasteiger partial charge in [0.1, 0.15) is 6.61 Å². The van der Waals surface area contributed by atoms with Gasteiger partial charge >= 0.3 is 11.8 Å². The molecule has 8 heteroatoms. The van der Waals surface area contributed by atoms with Crippen molar-refractivity contribution in [3.63, 3.8) is 0 Å². The van der Waals surface area contributed by atoms with E-state index in [9.17, 15) is 9.59 Å². The zero-order valence-corrected chi connectivity index (χ0v) is 17.4. The Labute approximate surface area is 184 Å². The van der Waals surface area contributed by atoms with Crippen molar-refractivity contribution in [1.82, 2.24) is 5.43 Å². The molecule has 3 aromatic carbocycles. The topological polar surface area (TPSA) is 89.0 Å². The second-order valence-electron chi connectivity index (χ2n) is 6.34. The predicted octanol–water partition coefficient (Wildman–Crippen LogP) is 4.02. The lowest BCUT2D eigenvalue weighted by molar-refractivity contribution is -0.136. The number of anilines is 1. The van der Waals surface area contributed by atoms with E-state index in [1.54, 1.807) is 54.6 Å². The Hall–Kier alpha value is -3.84. The molecule has 31 heavy (non-hydrogen) atoms. The summed E-state index contributed by atoms with van der Waals surface area (Å²) in [5, 5.41) is 6.96. The Bertz CT molecular complexity index is 1070. The summed E-state index contributed by atoms with van der Waals surface area (Å²) in [7, 11) is 1.53. The van der Waals surface area contributed by atoms with Gasteiger partial charge in [-0.3, -0.25) is 9.59 Å². The second kappa shape index (κ2) is 10.8. The van der Waals surface area contributed by atoms with E-state index in [2.05, 4.69) is 15.8 Å². The maximum Gasteiger partial charge on any atom is 0.329 e. The van der Waals surface area contributed by atoms with Gasteiger partial charge in [-0.1, -0.05) is 41.9 Å². The zero-order valence-electron chi connectivity index (χ0n) is 16.7. The molecule has 0 aliphatic rings. The van der Waals surface area contributed by atoms with Crippen molar-refractivity contribution >= 4 is 35.3 Å². The minimum absolute atomic E-state index is 0.355. The van der Waals surface area contributed by atoms with Gasteiger partial charge < -0.3 is 14.8 Å². The van der Waals surface area contributed by atoms with Gasteiger partial charge in [-0.15, -0.1) is 0 Å². The van der Waals surface area contributed by atoms with Crippen LogP contribution in [0.5, 0.6) is 11.5 Å². The van der Waals surface area contributed by atoms with Crippen LogP contribution in [-0.4, -0.2) is 25.1 Å². The van der Waals surface area contributed by atoms with Crippen LogP contribution < -0.4 is 20.2 Å². The van der Waals surface area contributed by atoms with Crippen LogP contribution in [0, 0.1) is 0 Å². The molecule has 0 heterocycles. The molecule has 3 aromatic rings. The molecule has 0 aromatic heterocycles. The fourth-order valence-electron chi connectivity index (χ4n) is 2.55. The Morgan fingerprint density at radius 1 is 0.968 bits per heavy atom. The molecule has 0 aliphatic heterocycles. The number of amides is 2. The standard InChI is InChI=1S/C23H20ClN3O4/c1-30-21-13-17(9-12-20(21)31-15-16-7-10-18(24)11-8-16)14-25-27-23(29)22(28)26-19-5-3-2-4-6-19/h2-14H,15H2,1H3,(H,26,28)(H,27,29)/b25-14+. The van der Waals surface area contributed by atoms with Gasteiger partial charge in [0.25, 0.3) is 0 Å². The van der Waals surface area contributed by atoms with Crippen LogP contribution in [-0.2, 0) is 16.2 Å². The third kappa shape index (κ3) is 6.58. The summed E-state index contributed by atoms with van der Waals surface area (Å²) in [6, 6.07) is 21.2. The third-order valence-electron chi connectivity index (χ3n) is 4.11.